The first kappa shape index (κ1) is 13.2. The molecule has 0 N–H and O–H groups in total. The first-order valence-corrected chi connectivity index (χ1v) is 6.90. The number of hydrogen-bond donors (Lipinski definition) is 0. The lowest BCUT2D eigenvalue weighted by atomic mass is 10.1. The summed E-state index contributed by atoms with van der Waals surface area (Å²) >= 11 is 0. The van der Waals surface area contributed by atoms with E-state index in [9.17, 15) is 0 Å². The lowest BCUT2D eigenvalue weighted by molar-refractivity contribution is 0.160. The number of nitrogens with zero attached hydrogens (tertiary/aromatic N) is 5. The van der Waals surface area contributed by atoms with Crippen LogP contribution in [0.5, 0.6) is 0 Å². The van der Waals surface area contributed by atoms with Crippen molar-refractivity contribution < 1.29 is 4.74 Å². The first-order valence-electron chi connectivity index (χ1n) is 6.90. The van der Waals surface area contributed by atoms with Crippen LogP contribution in [0.4, 0.5) is 0 Å². The second kappa shape index (κ2) is 6.11. The zero-order valence-electron chi connectivity index (χ0n) is 11.6. The molecule has 20 heavy (non-hydrogen) atoms. The minimum absolute atomic E-state index is 0.426. The van der Waals surface area contributed by atoms with E-state index in [1.807, 2.05) is 23.0 Å². The molecule has 106 valence electrons. The number of aromatic nitrogens is 4. The fraction of sp³-hybridized carbons (Fsp3) is 0.500. The van der Waals surface area contributed by atoms with Crippen molar-refractivity contribution in [2.24, 2.45) is 0 Å². The molecule has 1 unspecified atom stereocenters. The van der Waals surface area contributed by atoms with Crippen molar-refractivity contribution in [2.75, 3.05) is 33.4 Å². The molecule has 0 spiro atoms. The molecule has 6 nitrogen and oxygen atoms in total. The lowest BCUT2D eigenvalue weighted by Gasteiger charge is -2.15. The highest BCUT2D eigenvalue weighted by Gasteiger charge is 2.27. The largest absolute Gasteiger partial charge is 0.383 e. The molecule has 0 aliphatic carbocycles. The maximum absolute atomic E-state index is 5.14. The predicted octanol–water partition coefficient (Wildman–Crippen LogP) is 1.10. The second-order valence-electron chi connectivity index (χ2n) is 5.02. The van der Waals surface area contributed by atoms with Gasteiger partial charge >= 0.3 is 0 Å². The predicted molar refractivity (Wildman–Crippen MR) is 74.8 cm³/mol. The van der Waals surface area contributed by atoms with Crippen molar-refractivity contribution in [1.82, 2.24) is 24.6 Å². The number of likely N-dealkylation sites (tertiary alicyclic amines) is 1. The van der Waals surface area contributed by atoms with Gasteiger partial charge in [0.05, 0.1) is 18.5 Å². The van der Waals surface area contributed by atoms with Crippen LogP contribution in [0.3, 0.4) is 0 Å². The summed E-state index contributed by atoms with van der Waals surface area (Å²) in [6, 6.07) is 3.92. The Morgan fingerprint density at radius 2 is 2.40 bits per heavy atom. The number of hydrogen-bond acceptors (Lipinski definition) is 5. The lowest BCUT2D eigenvalue weighted by Crippen LogP contribution is -2.25. The number of methoxy groups -OCH3 is 1. The highest BCUT2D eigenvalue weighted by Crippen LogP contribution is 2.26. The molecule has 2 aromatic rings. The molecule has 1 aliphatic heterocycles. The smallest absolute Gasteiger partial charge is 0.138 e. The van der Waals surface area contributed by atoms with Crippen molar-refractivity contribution in [3.63, 3.8) is 0 Å². The van der Waals surface area contributed by atoms with Crippen LogP contribution in [-0.4, -0.2) is 58.0 Å². The van der Waals surface area contributed by atoms with Gasteiger partial charge in [0.25, 0.3) is 0 Å². The van der Waals surface area contributed by atoms with Crippen molar-refractivity contribution >= 4 is 0 Å². The standard InChI is InChI=1S/C14H19N5O/c1-20-8-7-18-6-4-12(10-18)14-16-11-17-19(14)13-3-2-5-15-9-13/h2-3,5,9,11-12H,4,6-8,10H2,1H3. The quantitative estimate of drug-likeness (QED) is 0.816. The Labute approximate surface area is 118 Å². The Kier molecular flexibility index (Phi) is 4.03. The van der Waals surface area contributed by atoms with Gasteiger partial charge in [-0.1, -0.05) is 0 Å². The SMILES string of the molecule is COCCN1CCC(c2ncnn2-c2cccnc2)C1. The Morgan fingerprint density at radius 1 is 1.45 bits per heavy atom. The molecule has 3 heterocycles. The van der Waals surface area contributed by atoms with Gasteiger partial charge in [-0.2, -0.15) is 5.10 Å². The van der Waals surface area contributed by atoms with Gasteiger partial charge in [0.15, 0.2) is 0 Å². The Balaban J connectivity index is 1.75. The van der Waals surface area contributed by atoms with E-state index in [2.05, 4.69) is 20.0 Å². The van der Waals surface area contributed by atoms with Crippen LogP contribution in [-0.2, 0) is 4.74 Å². The summed E-state index contributed by atoms with van der Waals surface area (Å²) in [5.41, 5.74) is 0.968. The third-order valence-electron chi connectivity index (χ3n) is 3.71. The summed E-state index contributed by atoms with van der Waals surface area (Å²) in [5, 5.41) is 4.34. The highest BCUT2D eigenvalue weighted by atomic mass is 16.5. The van der Waals surface area contributed by atoms with Gasteiger partial charge < -0.3 is 9.64 Å². The molecule has 0 aromatic carbocycles. The monoisotopic (exact) mass is 273 g/mol. The molecular formula is C14H19N5O. The molecule has 1 atom stereocenters. The zero-order chi connectivity index (χ0) is 13.8. The van der Waals surface area contributed by atoms with E-state index in [-0.39, 0.29) is 0 Å². The molecule has 1 aliphatic rings. The summed E-state index contributed by atoms with van der Waals surface area (Å²) in [5.74, 6) is 1.45. The van der Waals surface area contributed by atoms with Crippen molar-refractivity contribution in [3.8, 4) is 5.69 Å². The topological polar surface area (TPSA) is 56.1 Å². The van der Waals surface area contributed by atoms with Gasteiger partial charge in [-0.3, -0.25) is 4.98 Å². The van der Waals surface area contributed by atoms with E-state index in [0.29, 0.717) is 5.92 Å². The van der Waals surface area contributed by atoms with Crippen LogP contribution in [0.1, 0.15) is 18.2 Å². The van der Waals surface area contributed by atoms with Crippen LogP contribution in [0.25, 0.3) is 5.69 Å². The third kappa shape index (κ3) is 2.71. The first-order chi connectivity index (χ1) is 9.88. The maximum atomic E-state index is 5.14. The normalized spacial score (nSPS) is 19.6. The van der Waals surface area contributed by atoms with Crippen molar-refractivity contribution in [1.29, 1.82) is 0 Å². The zero-order valence-corrected chi connectivity index (χ0v) is 11.6. The fourth-order valence-electron chi connectivity index (χ4n) is 2.67. The molecular weight excluding hydrogens is 254 g/mol. The van der Waals surface area contributed by atoms with Crippen molar-refractivity contribution in [2.45, 2.75) is 12.3 Å². The molecule has 2 aromatic heterocycles. The van der Waals surface area contributed by atoms with Gasteiger partial charge in [-0.25, -0.2) is 9.67 Å². The molecule has 1 fully saturated rings. The molecule has 0 bridgehead atoms. The summed E-state index contributed by atoms with van der Waals surface area (Å²) in [4.78, 5) is 11.0. The Hall–Kier alpha value is -1.79. The van der Waals surface area contributed by atoms with E-state index in [1.54, 1.807) is 19.6 Å². The molecule has 0 amide bonds. The van der Waals surface area contributed by atoms with Crippen LogP contribution < -0.4 is 0 Å². The Morgan fingerprint density at radius 3 is 3.20 bits per heavy atom. The van der Waals surface area contributed by atoms with Gasteiger partial charge in [0.2, 0.25) is 0 Å². The maximum Gasteiger partial charge on any atom is 0.138 e. The second-order valence-corrected chi connectivity index (χ2v) is 5.02. The van der Waals surface area contributed by atoms with Gasteiger partial charge in [0, 0.05) is 32.3 Å². The molecule has 6 heteroatoms. The van der Waals surface area contributed by atoms with Crippen LogP contribution in [0.15, 0.2) is 30.9 Å². The average Bonchev–Trinajstić information content (AvgIpc) is 3.14. The van der Waals surface area contributed by atoms with Crippen LogP contribution in [0, 0.1) is 0 Å². The van der Waals surface area contributed by atoms with E-state index >= 15 is 0 Å². The van der Waals surface area contributed by atoms with Gasteiger partial charge in [-0.05, 0) is 25.1 Å². The summed E-state index contributed by atoms with van der Waals surface area (Å²) in [6.07, 6.45) is 6.32. The molecule has 1 saturated heterocycles. The van der Waals surface area contributed by atoms with Gasteiger partial charge in [-0.15, -0.1) is 0 Å². The Bertz CT molecular complexity index is 542. The van der Waals surface area contributed by atoms with Crippen LogP contribution in [0.2, 0.25) is 0 Å². The highest BCUT2D eigenvalue weighted by molar-refractivity contribution is 5.28. The minimum atomic E-state index is 0.426. The third-order valence-corrected chi connectivity index (χ3v) is 3.71. The summed E-state index contributed by atoms with van der Waals surface area (Å²) in [7, 11) is 1.74. The minimum Gasteiger partial charge on any atom is -0.383 e. The van der Waals surface area contributed by atoms with Crippen LogP contribution >= 0.6 is 0 Å². The van der Waals surface area contributed by atoms with E-state index in [0.717, 1.165) is 44.2 Å². The number of ether oxygens (including phenoxy) is 1. The molecule has 3 rings (SSSR count). The van der Waals surface area contributed by atoms with E-state index in [4.69, 9.17) is 4.74 Å². The van der Waals surface area contributed by atoms with E-state index in [1.165, 1.54) is 0 Å². The molecule has 0 saturated carbocycles. The average molecular weight is 273 g/mol. The molecule has 0 radical (unpaired) electrons. The number of pyridine rings is 1. The van der Waals surface area contributed by atoms with Crippen molar-refractivity contribution in [3.05, 3.63) is 36.7 Å². The summed E-state index contributed by atoms with van der Waals surface area (Å²) in [6.45, 7) is 3.87. The van der Waals surface area contributed by atoms with Gasteiger partial charge in [0.1, 0.15) is 12.2 Å². The summed E-state index contributed by atoms with van der Waals surface area (Å²) < 4.78 is 7.04. The fourth-order valence-corrected chi connectivity index (χ4v) is 2.67. The van der Waals surface area contributed by atoms with E-state index < -0.39 is 0 Å². The number of rotatable bonds is 5.